The Morgan fingerprint density at radius 1 is 1.29 bits per heavy atom. The van der Waals surface area contributed by atoms with E-state index < -0.39 is 0 Å². The minimum atomic E-state index is -0.0740. The van der Waals surface area contributed by atoms with Crippen LogP contribution in [0.2, 0.25) is 0 Å². The van der Waals surface area contributed by atoms with Crippen LogP contribution in [0.4, 0.5) is 0 Å². The summed E-state index contributed by atoms with van der Waals surface area (Å²) in [6.07, 6.45) is 0. The predicted octanol–water partition coefficient (Wildman–Crippen LogP) is 2.01. The van der Waals surface area contributed by atoms with Gasteiger partial charge in [-0.05, 0) is 40.7 Å². The van der Waals surface area contributed by atoms with Gasteiger partial charge in [-0.25, -0.2) is 0 Å². The van der Waals surface area contributed by atoms with Crippen molar-refractivity contribution in [1.82, 2.24) is 10.6 Å². The van der Waals surface area contributed by atoms with E-state index in [4.69, 9.17) is 4.42 Å². The minimum Gasteiger partial charge on any atom is -0.466 e. The molecular weight excluding hydrogens is 216 g/mol. The number of carbonyl (C=O) groups excluding carboxylic acids is 1. The number of hydrogen-bond acceptors (Lipinski definition) is 3. The Balaban J connectivity index is 2.38. The molecule has 4 nitrogen and oxygen atoms in total. The molecule has 0 saturated heterocycles. The molecule has 0 aliphatic rings. The molecule has 1 heterocycles. The van der Waals surface area contributed by atoms with E-state index in [1.807, 2.05) is 6.92 Å². The molecule has 1 aromatic rings. The SMILES string of the molecule is Cc1cc(C(=O)NCCNC(C)(C)C)c(C)o1. The molecule has 4 heteroatoms. The molecule has 0 unspecified atom stereocenters. The van der Waals surface area contributed by atoms with Crippen molar-refractivity contribution >= 4 is 5.91 Å². The van der Waals surface area contributed by atoms with Crippen LogP contribution >= 0.6 is 0 Å². The summed E-state index contributed by atoms with van der Waals surface area (Å²) in [7, 11) is 0. The van der Waals surface area contributed by atoms with Crippen LogP contribution in [-0.4, -0.2) is 24.5 Å². The molecule has 1 amide bonds. The third kappa shape index (κ3) is 4.61. The highest BCUT2D eigenvalue weighted by atomic mass is 16.3. The Hall–Kier alpha value is -1.29. The average molecular weight is 238 g/mol. The highest BCUT2D eigenvalue weighted by molar-refractivity contribution is 5.95. The van der Waals surface area contributed by atoms with E-state index in [0.717, 1.165) is 12.3 Å². The fraction of sp³-hybridized carbons (Fsp3) is 0.615. The standard InChI is InChI=1S/C13H22N2O2/c1-9-8-11(10(2)17-9)12(16)14-6-7-15-13(3,4)5/h8,15H,6-7H2,1-5H3,(H,14,16). The van der Waals surface area contributed by atoms with Crippen molar-refractivity contribution in [3.8, 4) is 0 Å². The van der Waals surface area contributed by atoms with Gasteiger partial charge in [0.05, 0.1) is 5.56 Å². The third-order valence-corrected chi connectivity index (χ3v) is 2.35. The van der Waals surface area contributed by atoms with Gasteiger partial charge in [0, 0.05) is 18.6 Å². The minimum absolute atomic E-state index is 0.0740. The van der Waals surface area contributed by atoms with Crippen LogP contribution in [0.3, 0.4) is 0 Å². The van der Waals surface area contributed by atoms with Crippen LogP contribution in [0.25, 0.3) is 0 Å². The van der Waals surface area contributed by atoms with E-state index in [-0.39, 0.29) is 11.4 Å². The summed E-state index contributed by atoms with van der Waals surface area (Å²) in [5.41, 5.74) is 0.700. The highest BCUT2D eigenvalue weighted by Crippen LogP contribution is 2.12. The molecular formula is C13H22N2O2. The third-order valence-electron chi connectivity index (χ3n) is 2.35. The maximum Gasteiger partial charge on any atom is 0.254 e. The second kappa shape index (κ2) is 5.36. The molecule has 0 radical (unpaired) electrons. The van der Waals surface area contributed by atoms with Crippen LogP contribution in [0, 0.1) is 13.8 Å². The molecule has 17 heavy (non-hydrogen) atoms. The van der Waals surface area contributed by atoms with E-state index in [1.54, 1.807) is 13.0 Å². The van der Waals surface area contributed by atoms with E-state index in [0.29, 0.717) is 17.9 Å². The van der Waals surface area contributed by atoms with Crippen molar-refractivity contribution in [1.29, 1.82) is 0 Å². The Labute approximate surface area is 103 Å². The fourth-order valence-corrected chi connectivity index (χ4v) is 1.57. The molecule has 0 saturated carbocycles. The van der Waals surface area contributed by atoms with E-state index in [9.17, 15) is 4.79 Å². The molecule has 0 atom stereocenters. The molecule has 1 rings (SSSR count). The van der Waals surface area contributed by atoms with Crippen molar-refractivity contribution < 1.29 is 9.21 Å². The molecule has 2 N–H and O–H groups in total. The van der Waals surface area contributed by atoms with Gasteiger partial charge in [0.25, 0.3) is 5.91 Å². The van der Waals surface area contributed by atoms with Gasteiger partial charge >= 0.3 is 0 Å². The largest absolute Gasteiger partial charge is 0.466 e. The molecule has 0 aromatic carbocycles. The van der Waals surface area contributed by atoms with E-state index >= 15 is 0 Å². The van der Waals surface area contributed by atoms with Gasteiger partial charge < -0.3 is 15.1 Å². The van der Waals surface area contributed by atoms with Crippen molar-refractivity contribution in [2.45, 2.75) is 40.2 Å². The lowest BCUT2D eigenvalue weighted by atomic mass is 10.1. The molecule has 0 spiro atoms. The first-order chi connectivity index (χ1) is 7.79. The van der Waals surface area contributed by atoms with Crippen molar-refractivity contribution in [3.63, 3.8) is 0 Å². The van der Waals surface area contributed by atoms with Crippen LogP contribution in [0.1, 0.15) is 42.6 Å². The lowest BCUT2D eigenvalue weighted by Gasteiger charge is -2.20. The van der Waals surface area contributed by atoms with Crippen LogP contribution in [-0.2, 0) is 0 Å². The Bertz CT molecular complexity index is 389. The summed E-state index contributed by atoms with van der Waals surface area (Å²) in [5.74, 6) is 1.36. The zero-order chi connectivity index (χ0) is 13.1. The van der Waals surface area contributed by atoms with Gasteiger partial charge in [-0.1, -0.05) is 0 Å². The zero-order valence-corrected chi connectivity index (χ0v) is 11.3. The number of nitrogens with one attached hydrogen (secondary N) is 2. The van der Waals surface area contributed by atoms with Gasteiger partial charge in [0.2, 0.25) is 0 Å². The van der Waals surface area contributed by atoms with Gasteiger partial charge in [0.1, 0.15) is 11.5 Å². The Morgan fingerprint density at radius 3 is 2.41 bits per heavy atom. The first-order valence-electron chi connectivity index (χ1n) is 5.90. The fourth-order valence-electron chi connectivity index (χ4n) is 1.57. The van der Waals surface area contributed by atoms with Gasteiger partial charge in [-0.2, -0.15) is 0 Å². The summed E-state index contributed by atoms with van der Waals surface area (Å²) < 4.78 is 5.32. The summed E-state index contributed by atoms with van der Waals surface area (Å²) >= 11 is 0. The number of amides is 1. The average Bonchev–Trinajstić information content (AvgIpc) is 2.51. The first kappa shape index (κ1) is 13.8. The second-order valence-corrected chi connectivity index (χ2v) is 5.26. The smallest absolute Gasteiger partial charge is 0.254 e. The predicted molar refractivity (Wildman–Crippen MR) is 68.3 cm³/mol. The molecule has 96 valence electrons. The van der Waals surface area contributed by atoms with E-state index in [1.165, 1.54) is 0 Å². The summed E-state index contributed by atoms with van der Waals surface area (Å²) in [5, 5.41) is 6.17. The lowest BCUT2D eigenvalue weighted by molar-refractivity contribution is 0.0951. The van der Waals surface area contributed by atoms with Crippen LogP contribution in [0.15, 0.2) is 10.5 Å². The number of carbonyl (C=O) groups is 1. The normalized spacial score (nSPS) is 11.6. The molecule has 0 fully saturated rings. The maximum absolute atomic E-state index is 11.8. The Morgan fingerprint density at radius 2 is 1.94 bits per heavy atom. The summed E-state index contributed by atoms with van der Waals surface area (Å²) in [4.78, 5) is 11.8. The van der Waals surface area contributed by atoms with Crippen molar-refractivity contribution in [2.24, 2.45) is 0 Å². The number of rotatable bonds is 4. The number of furan rings is 1. The molecule has 0 aliphatic carbocycles. The van der Waals surface area contributed by atoms with Crippen LogP contribution in [0.5, 0.6) is 0 Å². The number of hydrogen-bond donors (Lipinski definition) is 2. The molecule has 0 bridgehead atoms. The maximum atomic E-state index is 11.8. The van der Waals surface area contributed by atoms with E-state index in [2.05, 4.69) is 31.4 Å². The zero-order valence-electron chi connectivity index (χ0n) is 11.3. The number of aryl methyl sites for hydroxylation is 2. The topological polar surface area (TPSA) is 54.3 Å². The van der Waals surface area contributed by atoms with Crippen molar-refractivity contribution in [3.05, 3.63) is 23.2 Å². The molecule has 0 aliphatic heterocycles. The quantitative estimate of drug-likeness (QED) is 0.789. The first-order valence-corrected chi connectivity index (χ1v) is 5.90. The summed E-state index contributed by atoms with van der Waals surface area (Å²) in [6.45, 7) is 11.3. The highest BCUT2D eigenvalue weighted by Gasteiger charge is 2.13. The van der Waals surface area contributed by atoms with Gasteiger partial charge in [-0.3, -0.25) is 4.79 Å². The summed E-state index contributed by atoms with van der Waals surface area (Å²) in [6, 6.07) is 1.77. The lowest BCUT2D eigenvalue weighted by Crippen LogP contribution is -2.41. The van der Waals surface area contributed by atoms with Gasteiger partial charge in [-0.15, -0.1) is 0 Å². The Kier molecular flexibility index (Phi) is 4.34. The van der Waals surface area contributed by atoms with Crippen LogP contribution < -0.4 is 10.6 Å². The second-order valence-electron chi connectivity index (χ2n) is 5.26. The van der Waals surface area contributed by atoms with Gasteiger partial charge in [0.15, 0.2) is 0 Å². The monoisotopic (exact) mass is 238 g/mol. The molecule has 1 aromatic heterocycles. The van der Waals surface area contributed by atoms with Crippen molar-refractivity contribution in [2.75, 3.05) is 13.1 Å².